The van der Waals surface area contributed by atoms with E-state index in [1.807, 2.05) is 13.8 Å². The summed E-state index contributed by atoms with van der Waals surface area (Å²) in [7, 11) is -4.07. The van der Waals surface area contributed by atoms with Crippen molar-refractivity contribution in [2.24, 2.45) is 11.1 Å². The fourth-order valence-corrected chi connectivity index (χ4v) is 2.81. The maximum Gasteiger partial charge on any atom is 0.251 e. The Bertz CT molecular complexity index is 625. The average molecular weight is 316 g/mol. The predicted molar refractivity (Wildman–Crippen MR) is 78.9 cm³/mol. The summed E-state index contributed by atoms with van der Waals surface area (Å²) < 4.78 is 36.6. The Kier molecular flexibility index (Phi) is 5.86. The zero-order valence-electron chi connectivity index (χ0n) is 12.4. The maximum atomic E-state index is 13.8. The van der Waals surface area contributed by atoms with E-state index in [0.29, 0.717) is 12.5 Å². The van der Waals surface area contributed by atoms with E-state index in [4.69, 9.17) is 5.14 Å². The first-order valence-corrected chi connectivity index (χ1v) is 8.36. The number of nitrogens with one attached hydrogen (secondary N) is 1. The van der Waals surface area contributed by atoms with Crippen molar-refractivity contribution >= 4 is 15.9 Å². The van der Waals surface area contributed by atoms with E-state index in [1.165, 1.54) is 6.92 Å². The van der Waals surface area contributed by atoms with Crippen LogP contribution in [-0.2, 0) is 10.0 Å². The van der Waals surface area contributed by atoms with Gasteiger partial charge in [0.15, 0.2) is 0 Å². The molecular weight excluding hydrogens is 295 g/mol. The first kappa shape index (κ1) is 17.6. The monoisotopic (exact) mass is 316 g/mol. The van der Waals surface area contributed by atoms with Crippen molar-refractivity contribution in [2.45, 2.75) is 38.5 Å². The second kappa shape index (κ2) is 7.00. The number of nitrogens with two attached hydrogens (primary N) is 1. The van der Waals surface area contributed by atoms with E-state index >= 15 is 0 Å². The van der Waals surface area contributed by atoms with Crippen LogP contribution < -0.4 is 10.5 Å². The third kappa shape index (κ3) is 4.50. The molecule has 0 saturated carbocycles. The van der Waals surface area contributed by atoms with Gasteiger partial charge in [0.2, 0.25) is 10.0 Å². The molecule has 1 aromatic rings. The maximum absolute atomic E-state index is 13.8. The van der Waals surface area contributed by atoms with Crippen molar-refractivity contribution in [3.63, 3.8) is 0 Å². The number of primary sulfonamides is 1. The van der Waals surface area contributed by atoms with Crippen molar-refractivity contribution in [2.75, 3.05) is 6.54 Å². The number of halogens is 1. The average Bonchev–Trinajstić information content (AvgIpc) is 2.41. The molecule has 7 heteroatoms. The molecule has 21 heavy (non-hydrogen) atoms. The van der Waals surface area contributed by atoms with Gasteiger partial charge in [0, 0.05) is 17.7 Å². The van der Waals surface area contributed by atoms with Gasteiger partial charge in [0.25, 0.3) is 5.91 Å². The van der Waals surface area contributed by atoms with E-state index in [0.717, 1.165) is 25.0 Å². The molecule has 0 fully saturated rings. The molecule has 0 bridgehead atoms. The first-order valence-electron chi connectivity index (χ1n) is 6.81. The summed E-state index contributed by atoms with van der Waals surface area (Å²) in [5, 5.41) is 7.72. The van der Waals surface area contributed by atoms with Crippen LogP contribution in [0.1, 0.15) is 42.6 Å². The standard InChI is InChI=1S/C14H21FN2O3S/c1-4-10(5-2)8-17-14(18)11-6-12(15)9(3)13(7-11)21(16,19)20/h6-7,10H,4-5,8H2,1-3H3,(H,17,18)(H2,16,19,20). The Labute approximate surface area is 124 Å². The number of hydrogen-bond donors (Lipinski definition) is 2. The van der Waals surface area contributed by atoms with Crippen LogP contribution in [0.5, 0.6) is 0 Å². The summed E-state index contributed by atoms with van der Waals surface area (Å²) in [4.78, 5) is 11.6. The molecule has 0 spiro atoms. The Balaban J connectivity index is 3.04. The van der Waals surface area contributed by atoms with Gasteiger partial charge < -0.3 is 5.32 Å². The second-order valence-corrected chi connectivity index (χ2v) is 6.55. The number of benzene rings is 1. The number of carbonyl (C=O) groups is 1. The zero-order chi connectivity index (χ0) is 16.2. The summed E-state index contributed by atoms with van der Waals surface area (Å²) in [5.74, 6) is -0.943. The van der Waals surface area contributed by atoms with Gasteiger partial charge in [-0.1, -0.05) is 26.7 Å². The molecule has 0 aliphatic heterocycles. The fraction of sp³-hybridized carbons (Fsp3) is 0.500. The highest BCUT2D eigenvalue weighted by atomic mass is 32.2. The Morgan fingerprint density at radius 1 is 1.33 bits per heavy atom. The van der Waals surface area contributed by atoms with Gasteiger partial charge in [-0.15, -0.1) is 0 Å². The summed E-state index contributed by atoms with van der Waals surface area (Å²) in [6.45, 7) is 5.81. The van der Waals surface area contributed by atoms with Crippen LogP contribution >= 0.6 is 0 Å². The van der Waals surface area contributed by atoms with Crippen molar-refractivity contribution in [3.8, 4) is 0 Å². The number of rotatable bonds is 6. The molecule has 118 valence electrons. The molecular formula is C14H21FN2O3S. The van der Waals surface area contributed by atoms with Gasteiger partial charge in [0.05, 0.1) is 4.90 Å². The minimum absolute atomic E-state index is 0.0481. The lowest BCUT2D eigenvalue weighted by Gasteiger charge is -2.14. The third-order valence-electron chi connectivity index (χ3n) is 3.57. The summed E-state index contributed by atoms with van der Waals surface area (Å²) >= 11 is 0. The van der Waals surface area contributed by atoms with Crippen molar-refractivity contribution < 1.29 is 17.6 Å². The molecule has 0 unspecified atom stereocenters. The van der Waals surface area contributed by atoms with Crippen molar-refractivity contribution in [1.29, 1.82) is 0 Å². The molecule has 0 saturated heterocycles. The van der Waals surface area contributed by atoms with Gasteiger partial charge in [-0.25, -0.2) is 17.9 Å². The Hall–Kier alpha value is -1.47. The van der Waals surface area contributed by atoms with E-state index in [1.54, 1.807) is 0 Å². The lowest BCUT2D eigenvalue weighted by atomic mass is 10.0. The SMILES string of the molecule is CCC(CC)CNC(=O)c1cc(F)c(C)c(S(N)(=O)=O)c1. The third-order valence-corrected chi connectivity index (χ3v) is 4.61. The lowest BCUT2D eigenvalue weighted by molar-refractivity contribution is 0.0945. The molecule has 1 rings (SSSR count). The van der Waals surface area contributed by atoms with Crippen LogP contribution in [0.4, 0.5) is 4.39 Å². The van der Waals surface area contributed by atoms with Gasteiger partial charge in [-0.3, -0.25) is 4.79 Å². The van der Waals surface area contributed by atoms with Gasteiger partial charge >= 0.3 is 0 Å². The molecule has 5 nitrogen and oxygen atoms in total. The van der Waals surface area contributed by atoms with Gasteiger partial charge in [-0.2, -0.15) is 0 Å². The largest absolute Gasteiger partial charge is 0.352 e. The van der Waals surface area contributed by atoms with Crippen molar-refractivity contribution in [3.05, 3.63) is 29.1 Å². The lowest BCUT2D eigenvalue weighted by Crippen LogP contribution is -2.29. The van der Waals surface area contributed by atoms with Crippen LogP contribution in [0.15, 0.2) is 17.0 Å². The van der Waals surface area contributed by atoms with Gasteiger partial charge in [0.1, 0.15) is 5.82 Å². The Morgan fingerprint density at radius 2 is 1.90 bits per heavy atom. The molecule has 0 radical (unpaired) electrons. The number of amides is 1. The van der Waals surface area contributed by atoms with E-state index in [9.17, 15) is 17.6 Å². The van der Waals surface area contributed by atoms with E-state index in [2.05, 4.69) is 5.32 Å². The Morgan fingerprint density at radius 3 is 2.38 bits per heavy atom. The smallest absolute Gasteiger partial charge is 0.251 e. The van der Waals surface area contributed by atoms with E-state index in [-0.39, 0.29) is 16.0 Å². The van der Waals surface area contributed by atoms with Crippen LogP contribution in [0.2, 0.25) is 0 Å². The summed E-state index contributed by atoms with van der Waals surface area (Å²) in [6.07, 6.45) is 1.84. The highest BCUT2D eigenvalue weighted by Crippen LogP contribution is 2.19. The number of carbonyl (C=O) groups excluding carboxylic acids is 1. The van der Waals surface area contributed by atoms with Crippen LogP contribution in [0.3, 0.4) is 0 Å². The quantitative estimate of drug-likeness (QED) is 0.840. The summed E-state index contributed by atoms with van der Waals surface area (Å²) in [6, 6.07) is 2.13. The minimum Gasteiger partial charge on any atom is -0.352 e. The molecule has 0 heterocycles. The van der Waals surface area contributed by atoms with E-state index < -0.39 is 21.7 Å². The minimum atomic E-state index is -4.07. The number of hydrogen-bond acceptors (Lipinski definition) is 3. The van der Waals surface area contributed by atoms with Crippen molar-refractivity contribution in [1.82, 2.24) is 5.32 Å². The zero-order valence-corrected chi connectivity index (χ0v) is 13.3. The predicted octanol–water partition coefficient (Wildman–Crippen LogP) is 1.95. The highest BCUT2D eigenvalue weighted by molar-refractivity contribution is 7.89. The highest BCUT2D eigenvalue weighted by Gasteiger charge is 2.19. The molecule has 1 amide bonds. The molecule has 0 aromatic heterocycles. The summed E-state index contributed by atoms with van der Waals surface area (Å²) in [5.41, 5.74) is -0.137. The molecule has 0 aliphatic rings. The molecule has 0 atom stereocenters. The normalized spacial score (nSPS) is 11.7. The van der Waals surface area contributed by atoms with Crippen LogP contribution in [0.25, 0.3) is 0 Å². The first-order chi connectivity index (χ1) is 9.70. The molecule has 1 aromatic carbocycles. The number of sulfonamides is 1. The fourth-order valence-electron chi connectivity index (χ4n) is 2.00. The van der Waals surface area contributed by atoms with Crippen LogP contribution in [0, 0.1) is 18.7 Å². The second-order valence-electron chi connectivity index (χ2n) is 5.02. The van der Waals surface area contributed by atoms with Crippen LogP contribution in [-0.4, -0.2) is 20.9 Å². The topological polar surface area (TPSA) is 89.3 Å². The van der Waals surface area contributed by atoms with Gasteiger partial charge in [-0.05, 0) is 25.0 Å². The molecule has 3 N–H and O–H groups in total. The molecule has 0 aliphatic carbocycles.